The van der Waals surface area contributed by atoms with Crippen LogP contribution in [-0.4, -0.2) is 44.0 Å². The number of ether oxygens (including phenoxy) is 1. The van der Waals surface area contributed by atoms with Gasteiger partial charge in [-0.05, 0) is 12.1 Å². The zero-order valence-electron chi connectivity index (χ0n) is 11.4. The van der Waals surface area contributed by atoms with Gasteiger partial charge in [-0.15, -0.1) is 10.2 Å². The number of carbonyl (C=O) groups is 1. The lowest BCUT2D eigenvalue weighted by Gasteiger charge is -2.03. The Morgan fingerprint density at radius 2 is 2.29 bits per heavy atom. The van der Waals surface area contributed by atoms with Gasteiger partial charge in [0.2, 0.25) is 0 Å². The molecule has 3 heterocycles. The van der Waals surface area contributed by atoms with Gasteiger partial charge < -0.3 is 10.1 Å². The van der Waals surface area contributed by atoms with E-state index >= 15 is 0 Å². The Morgan fingerprint density at radius 3 is 3.14 bits per heavy atom. The molecular formula is C13H14N6O2. The fraction of sp³-hybridized carbons (Fsp3) is 0.231. The topological polar surface area (TPSA) is 86.3 Å². The summed E-state index contributed by atoms with van der Waals surface area (Å²) in [5.74, 6) is 0.266. The number of hydrogen-bond acceptors (Lipinski definition) is 5. The average molecular weight is 286 g/mol. The minimum Gasteiger partial charge on any atom is -0.383 e. The smallest absolute Gasteiger partial charge is 0.258 e. The highest BCUT2D eigenvalue weighted by Gasteiger charge is 2.09. The maximum Gasteiger partial charge on any atom is 0.258 e. The van der Waals surface area contributed by atoms with Crippen LogP contribution in [0.3, 0.4) is 0 Å². The Bertz CT molecular complexity index is 763. The molecule has 3 rings (SSSR count). The van der Waals surface area contributed by atoms with Crippen molar-refractivity contribution in [3.8, 4) is 0 Å². The van der Waals surface area contributed by atoms with E-state index in [0.29, 0.717) is 30.2 Å². The molecule has 0 spiro atoms. The van der Waals surface area contributed by atoms with Gasteiger partial charge >= 0.3 is 0 Å². The second-order valence-corrected chi connectivity index (χ2v) is 4.43. The van der Waals surface area contributed by atoms with Crippen LogP contribution in [0.15, 0.2) is 36.9 Å². The van der Waals surface area contributed by atoms with Gasteiger partial charge in [-0.2, -0.15) is 5.10 Å². The van der Waals surface area contributed by atoms with Crippen molar-refractivity contribution >= 4 is 17.4 Å². The second kappa shape index (κ2) is 5.71. The van der Waals surface area contributed by atoms with Crippen LogP contribution in [-0.2, 0) is 11.3 Å². The number of amides is 1. The molecule has 8 nitrogen and oxygen atoms in total. The maximum atomic E-state index is 12.2. The number of rotatable bonds is 5. The van der Waals surface area contributed by atoms with Crippen molar-refractivity contribution in [2.75, 3.05) is 19.0 Å². The van der Waals surface area contributed by atoms with E-state index < -0.39 is 0 Å². The second-order valence-electron chi connectivity index (χ2n) is 4.43. The van der Waals surface area contributed by atoms with Gasteiger partial charge in [0.25, 0.3) is 5.91 Å². The Kier molecular flexibility index (Phi) is 3.61. The molecule has 0 aliphatic carbocycles. The Labute approximate surface area is 120 Å². The van der Waals surface area contributed by atoms with Gasteiger partial charge in [-0.25, -0.2) is 0 Å². The van der Waals surface area contributed by atoms with Crippen LogP contribution in [0.2, 0.25) is 0 Å². The molecule has 0 saturated heterocycles. The lowest BCUT2D eigenvalue weighted by atomic mass is 10.2. The molecule has 0 aromatic carbocycles. The molecule has 0 bridgehead atoms. The fourth-order valence-electron chi connectivity index (χ4n) is 1.89. The quantitative estimate of drug-likeness (QED) is 0.750. The van der Waals surface area contributed by atoms with Crippen LogP contribution in [0.1, 0.15) is 10.4 Å². The van der Waals surface area contributed by atoms with Crippen LogP contribution in [0.25, 0.3) is 5.65 Å². The number of fused-ring (bicyclic) bond motifs is 1. The largest absolute Gasteiger partial charge is 0.383 e. The predicted octanol–water partition coefficient (Wildman–Crippen LogP) is 0.825. The first kappa shape index (κ1) is 13.3. The molecule has 1 N–H and O–H groups in total. The van der Waals surface area contributed by atoms with Gasteiger partial charge in [0.1, 0.15) is 6.33 Å². The fourth-order valence-corrected chi connectivity index (χ4v) is 1.89. The normalized spacial score (nSPS) is 10.9. The van der Waals surface area contributed by atoms with E-state index in [1.807, 2.05) is 0 Å². The number of aromatic nitrogens is 5. The third-order valence-corrected chi connectivity index (χ3v) is 2.96. The van der Waals surface area contributed by atoms with Crippen LogP contribution in [0, 0.1) is 0 Å². The van der Waals surface area contributed by atoms with Crippen LogP contribution < -0.4 is 5.32 Å². The van der Waals surface area contributed by atoms with Crippen molar-refractivity contribution in [3.05, 3.63) is 42.5 Å². The first-order valence-electron chi connectivity index (χ1n) is 6.39. The van der Waals surface area contributed by atoms with E-state index in [4.69, 9.17) is 4.74 Å². The first-order valence-corrected chi connectivity index (χ1v) is 6.39. The monoisotopic (exact) mass is 286 g/mol. The Balaban J connectivity index is 1.71. The molecule has 0 saturated carbocycles. The maximum absolute atomic E-state index is 12.2. The third-order valence-electron chi connectivity index (χ3n) is 2.96. The molecule has 108 valence electrons. The zero-order chi connectivity index (χ0) is 14.7. The molecule has 3 aromatic heterocycles. The van der Waals surface area contributed by atoms with Crippen molar-refractivity contribution in [3.63, 3.8) is 0 Å². The summed E-state index contributed by atoms with van der Waals surface area (Å²) in [4.78, 5) is 12.2. The van der Waals surface area contributed by atoms with Crippen molar-refractivity contribution in [1.29, 1.82) is 0 Å². The summed E-state index contributed by atoms with van der Waals surface area (Å²) >= 11 is 0. The number of nitrogens with zero attached hydrogens (tertiary/aromatic N) is 5. The van der Waals surface area contributed by atoms with E-state index in [1.165, 1.54) is 0 Å². The van der Waals surface area contributed by atoms with Gasteiger partial charge in [0, 0.05) is 25.6 Å². The Morgan fingerprint density at radius 1 is 1.38 bits per heavy atom. The standard InChI is InChI=1S/C13H14N6O2/c1-21-7-6-19-5-4-11(17-19)15-13(20)10-2-3-12-16-14-9-18(12)8-10/h2-5,8-9H,6-7H2,1H3,(H,15,17,20). The van der Waals surface area contributed by atoms with E-state index in [-0.39, 0.29) is 5.91 Å². The summed E-state index contributed by atoms with van der Waals surface area (Å²) in [6.07, 6.45) is 5.01. The Hall–Kier alpha value is -2.74. The summed E-state index contributed by atoms with van der Waals surface area (Å²) in [6, 6.07) is 5.17. The zero-order valence-corrected chi connectivity index (χ0v) is 11.4. The van der Waals surface area contributed by atoms with Gasteiger partial charge in [0.15, 0.2) is 11.5 Å². The SMILES string of the molecule is COCCn1ccc(NC(=O)c2ccc3nncn3c2)n1. The van der Waals surface area contributed by atoms with Crippen LogP contribution in [0.4, 0.5) is 5.82 Å². The molecule has 0 unspecified atom stereocenters. The van der Waals surface area contributed by atoms with Crippen LogP contribution in [0.5, 0.6) is 0 Å². The number of methoxy groups -OCH3 is 1. The number of anilines is 1. The molecule has 0 aliphatic rings. The van der Waals surface area contributed by atoms with Crippen molar-refractivity contribution in [2.45, 2.75) is 6.54 Å². The molecule has 0 fully saturated rings. The minimum absolute atomic E-state index is 0.234. The molecule has 21 heavy (non-hydrogen) atoms. The lowest BCUT2D eigenvalue weighted by molar-refractivity contribution is 0.102. The molecule has 0 atom stereocenters. The summed E-state index contributed by atoms with van der Waals surface area (Å²) in [6.45, 7) is 1.21. The van der Waals surface area contributed by atoms with E-state index in [1.54, 1.807) is 53.1 Å². The summed E-state index contributed by atoms with van der Waals surface area (Å²) in [5.41, 5.74) is 1.20. The number of hydrogen-bond donors (Lipinski definition) is 1. The highest BCUT2D eigenvalue weighted by molar-refractivity contribution is 6.03. The van der Waals surface area contributed by atoms with Gasteiger partial charge in [-0.3, -0.25) is 13.9 Å². The lowest BCUT2D eigenvalue weighted by Crippen LogP contribution is -2.13. The summed E-state index contributed by atoms with van der Waals surface area (Å²) in [7, 11) is 1.63. The molecule has 1 amide bonds. The molecule has 0 radical (unpaired) electrons. The highest BCUT2D eigenvalue weighted by Crippen LogP contribution is 2.08. The molecule has 8 heteroatoms. The van der Waals surface area contributed by atoms with Crippen LogP contribution >= 0.6 is 0 Å². The predicted molar refractivity (Wildman–Crippen MR) is 75.0 cm³/mol. The number of pyridine rings is 1. The van der Waals surface area contributed by atoms with E-state index in [9.17, 15) is 4.79 Å². The average Bonchev–Trinajstić information content (AvgIpc) is 3.12. The van der Waals surface area contributed by atoms with E-state index in [0.717, 1.165) is 0 Å². The third kappa shape index (κ3) is 2.90. The van der Waals surface area contributed by atoms with Gasteiger partial charge in [0.05, 0.1) is 18.7 Å². The molecule has 0 aliphatic heterocycles. The van der Waals surface area contributed by atoms with Gasteiger partial charge in [-0.1, -0.05) is 0 Å². The van der Waals surface area contributed by atoms with Crippen molar-refractivity contribution in [1.82, 2.24) is 24.4 Å². The van der Waals surface area contributed by atoms with E-state index in [2.05, 4.69) is 20.6 Å². The van der Waals surface area contributed by atoms with Crippen molar-refractivity contribution < 1.29 is 9.53 Å². The molecule has 3 aromatic rings. The minimum atomic E-state index is -0.234. The van der Waals surface area contributed by atoms with Crippen molar-refractivity contribution in [2.24, 2.45) is 0 Å². The first-order chi connectivity index (χ1) is 10.3. The summed E-state index contributed by atoms with van der Waals surface area (Å²) < 4.78 is 8.37. The highest BCUT2D eigenvalue weighted by atomic mass is 16.5. The summed E-state index contributed by atoms with van der Waals surface area (Å²) in [5, 5.41) is 14.6. The number of nitrogens with one attached hydrogen (secondary N) is 1. The number of carbonyl (C=O) groups excluding carboxylic acids is 1. The molecular weight excluding hydrogens is 272 g/mol.